The number of benzene rings is 1. The molecule has 0 amide bonds. The minimum absolute atomic E-state index is 0.286. The smallest absolute Gasteiger partial charge is 0.287 e. The Morgan fingerprint density at radius 1 is 1.44 bits per heavy atom. The molecule has 0 saturated heterocycles. The maximum atomic E-state index is 12.0. The molecule has 2 aromatic rings. The molecule has 1 aromatic carbocycles. The predicted octanol–water partition coefficient (Wildman–Crippen LogP) is 1.47. The minimum atomic E-state index is -1.18. The van der Waals surface area contributed by atoms with Crippen LogP contribution in [-0.2, 0) is 10.8 Å². The Morgan fingerprint density at radius 2 is 2.22 bits per heavy atom. The number of hydrogen-bond donors (Lipinski definition) is 1. The van der Waals surface area contributed by atoms with E-state index in [1.165, 1.54) is 0 Å². The highest BCUT2D eigenvalue weighted by Crippen LogP contribution is 2.20. The molecule has 0 saturated carbocycles. The summed E-state index contributed by atoms with van der Waals surface area (Å²) < 4.78 is 17.4. The Hall–Kier alpha value is -1.40. The van der Waals surface area contributed by atoms with E-state index in [0.29, 0.717) is 22.5 Å². The molecule has 0 bridgehead atoms. The molecule has 2 N–H and O–H groups in total. The molecular weight excluding hydrogens is 250 g/mol. The number of nitrogens with zero attached hydrogens (tertiary/aromatic N) is 2. The fourth-order valence-corrected chi connectivity index (χ4v) is 2.57. The van der Waals surface area contributed by atoms with Crippen LogP contribution in [0.2, 0.25) is 0 Å². The highest BCUT2D eigenvalue weighted by Gasteiger charge is 2.12. The van der Waals surface area contributed by atoms with Gasteiger partial charge in [0.1, 0.15) is 16.3 Å². The van der Waals surface area contributed by atoms with Crippen molar-refractivity contribution >= 4 is 27.6 Å². The third-order valence-electron chi connectivity index (χ3n) is 2.52. The molecule has 1 atom stereocenters. The van der Waals surface area contributed by atoms with Crippen molar-refractivity contribution in [3.05, 3.63) is 18.2 Å². The summed E-state index contributed by atoms with van der Waals surface area (Å²) in [7, 11) is 2.80. The molecule has 0 fully saturated rings. The van der Waals surface area contributed by atoms with E-state index in [9.17, 15) is 4.21 Å². The second-order valence-corrected chi connectivity index (χ2v) is 5.86. The van der Waals surface area contributed by atoms with E-state index >= 15 is 0 Å². The molecule has 1 unspecified atom stereocenters. The summed E-state index contributed by atoms with van der Waals surface area (Å²) in [5.74, 6) is 0.556. The average Bonchev–Trinajstić information content (AvgIpc) is 2.71. The minimum Gasteiger partial charge on any atom is -0.430 e. The molecule has 1 heterocycles. The topological polar surface area (TPSA) is 72.4 Å². The van der Waals surface area contributed by atoms with Crippen molar-refractivity contribution in [2.45, 2.75) is 11.6 Å². The van der Waals surface area contributed by atoms with Crippen molar-refractivity contribution in [3.8, 4) is 0 Å². The van der Waals surface area contributed by atoms with Gasteiger partial charge >= 0.3 is 0 Å². The van der Waals surface area contributed by atoms with Gasteiger partial charge in [-0.15, -0.1) is 0 Å². The van der Waals surface area contributed by atoms with Gasteiger partial charge in [-0.25, -0.2) is 9.19 Å². The van der Waals surface area contributed by atoms with Crippen LogP contribution in [0.1, 0.15) is 6.42 Å². The summed E-state index contributed by atoms with van der Waals surface area (Å²) in [5.41, 5.74) is 7.55. The zero-order chi connectivity index (χ0) is 13.1. The molecule has 0 aliphatic heterocycles. The van der Waals surface area contributed by atoms with Crippen LogP contribution in [0.3, 0.4) is 0 Å². The Labute approximate surface area is 108 Å². The normalized spacial score (nSPS) is 13.3. The molecular formula is C12H17N3O2S. The van der Waals surface area contributed by atoms with E-state index in [-0.39, 0.29) is 5.22 Å². The number of nitrogens with two attached hydrogens (primary N) is 1. The first-order valence-electron chi connectivity index (χ1n) is 5.75. The van der Waals surface area contributed by atoms with E-state index in [4.69, 9.17) is 10.2 Å². The van der Waals surface area contributed by atoms with Gasteiger partial charge in [0.25, 0.3) is 5.22 Å². The molecule has 18 heavy (non-hydrogen) atoms. The second kappa shape index (κ2) is 5.49. The van der Waals surface area contributed by atoms with Crippen molar-refractivity contribution in [2.24, 2.45) is 0 Å². The highest BCUT2D eigenvalue weighted by molar-refractivity contribution is 7.84. The standard InChI is InChI=1S/C12H17N3O2S/c1-15(2)6-3-7-18(16)12-14-10-5-4-9(13)8-11(10)17-12/h4-5,8H,3,6-7,13H2,1-2H3. The van der Waals surface area contributed by atoms with Gasteiger partial charge in [-0.1, -0.05) is 0 Å². The fourth-order valence-electron chi connectivity index (χ4n) is 1.62. The van der Waals surface area contributed by atoms with Crippen LogP contribution in [-0.4, -0.2) is 40.5 Å². The number of anilines is 1. The van der Waals surface area contributed by atoms with Gasteiger partial charge in [0.2, 0.25) is 0 Å². The number of hydrogen-bond acceptors (Lipinski definition) is 5. The van der Waals surface area contributed by atoms with Crippen molar-refractivity contribution < 1.29 is 8.63 Å². The molecule has 98 valence electrons. The molecule has 2 rings (SSSR count). The highest BCUT2D eigenvalue weighted by atomic mass is 32.2. The van der Waals surface area contributed by atoms with E-state index in [1.54, 1.807) is 18.2 Å². The lowest BCUT2D eigenvalue weighted by molar-refractivity contribution is 0.408. The second-order valence-electron chi connectivity index (χ2n) is 4.41. The first kappa shape index (κ1) is 13.0. The van der Waals surface area contributed by atoms with Crippen molar-refractivity contribution in [3.63, 3.8) is 0 Å². The molecule has 5 nitrogen and oxygen atoms in total. The Bertz CT molecular complexity index is 565. The lowest BCUT2D eigenvalue weighted by Gasteiger charge is -2.07. The van der Waals surface area contributed by atoms with Crippen LogP contribution in [0.5, 0.6) is 0 Å². The first-order chi connectivity index (χ1) is 8.56. The van der Waals surface area contributed by atoms with E-state index in [1.807, 2.05) is 14.1 Å². The molecule has 0 aliphatic rings. The zero-order valence-electron chi connectivity index (χ0n) is 10.5. The van der Waals surface area contributed by atoms with Gasteiger partial charge in [0.15, 0.2) is 5.58 Å². The lowest BCUT2D eigenvalue weighted by Crippen LogP contribution is -2.15. The molecule has 0 spiro atoms. The molecule has 1 aromatic heterocycles. The number of nitrogen functional groups attached to an aromatic ring is 1. The van der Waals surface area contributed by atoms with Crippen molar-refractivity contribution in [1.29, 1.82) is 0 Å². The van der Waals surface area contributed by atoms with Gasteiger partial charge in [-0.3, -0.25) is 0 Å². The van der Waals surface area contributed by atoms with E-state index in [0.717, 1.165) is 13.0 Å². The summed E-state index contributed by atoms with van der Waals surface area (Å²) in [6, 6.07) is 5.22. The number of fused-ring (bicyclic) bond motifs is 1. The maximum Gasteiger partial charge on any atom is 0.287 e. The van der Waals surface area contributed by atoms with Crippen molar-refractivity contribution in [2.75, 3.05) is 32.1 Å². The predicted molar refractivity (Wildman–Crippen MR) is 72.9 cm³/mol. The van der Waals surface area contributed by atoms with Crippen LogP contribution in [0, 0.1) is 0 Å². The van der Waals surface area contributed by atoms with Crippen LogP contribution in [0.15, 0.2) is 27.8 Å². The Morgan fingerprint density at radius 3 is 2.94 bits per heavy atom. The fraction of sp³-hybridized carbons (Fsp3) is 0.417. The number of aromatic nitrogens is 1. The molecule has 6 heteroatoms. The van der Waals surface area contributed by atoms with Crippen LogP contribution in [0.4, 0.5) is 5.69 Å². The van der Waals surface area contributed by atoms with E-state index < -0.39 is 10.8 Å². The largest absolute Gasteiger partial charge is 0.430 e. The third-order valence-corrected chi connectivity index (χ3v) is 3.75. The van der Waals surface area contributed by atoms with Crippen LogP contribution >= 0.6 is 0 Å². The van der Waals surface area contributed by atoms with Crippen LogP contribution < -0.4 is 5.73 Å². The summed E-state index contributed by atoms with van der Waals surface area (Å²) in [5, 5.41) is 0.286. The maximum absolute atomic E-state index is 12.0. The van der Waals surface area contributed by atoms with Gasteiger partial charge < -0.3 is 15.1 Å². The van der Waals surface area contributed by atoms with Gasteiger partial charge in [0.05, 0.1) is 0 Å². The number of oxazole rings is 1. The summed E-state index contributed by atoms with van der Waals surface area (Å²) in [4.78, 5) is 6.28. The zero-order valence-corrected chi connectivity index (χ0v) is 11.4. The number of rotatable bonds is 5. The van der Waals surface area contributed by atoms with E-state index in [2.05, 4.69) is 9.88 Å². The quantitative estimate of drug-likeness (QED) is 0.830. The van der Waals surface area contributed by atoms with Gasteiger partial charge in [-0.2, -0.15) is 0 Å². The third kappa shape index (κ3) is 3.08. The summed E-state index contributed by atoms with van der Waals surface area (Å²) >= 11 is 0. The van der Waals surface area contributed by atoms with Crippen LogP contribution in [0.25, 0.3) is 11.1 Å². The Balaban J connectivity index is 2.08. The average molecular weight is 267 g/mol. The SMILES string of the molecule is CN(C)CCCS(=O)c1nc2ccc(N)cc2o1. The summed E-state index contributed by atoms with van der Waals surface area (Å²) in [6.45, 7) is 0.902. The van der Waals surface area contributed by atoms with Gasteiger partial charge in [0, 0.05) is 17.5 Å². The summed E-state index contributed by atoms with van der Waals surface area (Å²) in [6.07, 6.45) is 0.848. The Kier molecular flexibility index (Phi) is 3.98. The van der Waals surface area contributed by atoms with Crippen molar-refractivity contribution in [1.82, 2.24) is 9.88 Å². The first-order valence-corrected chi connectivity index (χ1v) is 7.07. The molecule has 0 radical (unpaired) electrons. The lowest BCUT2D eigenvalue weighted by atomic mass is 10.3. The van der Waals surface area contributed by atoms with Gasteiger partial charge in [-0.05, 0) is 39.2 Å². The molecule has 0 aliphatic carbocycles. The monoisotopic (exact) mass is 267 g/mol.